The van der Waals surface area contributed by atoms with Gasteiger partial charge in [0.2, 0.25) is 11.8 Å². The molecule has 1 fully saturated rings. The van der Waals surface area contributed by atoms with E-state index in [-0.39, 0.29) is 17.9 Å². The molecule has 3 aromatic rings. The Labute approximate surface area is 169 Å². The fourth-order valence-electron chi connectivity index (χ4n) is 3.58. The van der Waals surface area contributed by atoms with E-state index in [9.17, 15) is 9.59 Å². The van der Waals surface area contributed by atoms with Gasteiger partial charge in [-0.3, -0.25) is 9.59 Å². The first-order valence-electron chi connectivity index (χ1n) is 9.70. The summed E-state index contributed by atoms with van der Waals surface area (Å²) < 4.78 is 1.87. The van der Waals surface area contributed by atoms with E-state index in [4.69, 9.17) is 0 Å². The average molecular weight is 389 g/mol. The van der Waals surface area contributed by atoms with E-state index in [1.54, 1.807) is 0 Å². The number of carbonyl (C=O) groups excluding carboxylic acids is 2. The molecule has 1 aliphatic rings. The highest BCUT2D eigenvalue weighted by molar-refractivity contribution is 5.88. The topological polar surface area (TPSA) is 80.1 Å². The third kappa shape index (κ3) is 4.51. The number of amides is 2. The van der Waals surface area contributed by atoms with Crippen LogP contribution in [-0.4, -0.2) is 44.8 Å². The maximum absolute atomic E-state index is 12.7. The van der Waals surface area contributed by atoms with E-state index < -0.39 is 0 Å². The van der Waals surface area contributed by atoms with Gasteiger partial charge in [-0.1, -0.05) is 47.7 Å². The Balaban J connectivity index is 1.35. The summed E-state index contributed by atoms with van der Waals surface area (Å²) in [5.74, 6) is -0.0105. The summed E-state index contributed by atoms with van der Waals surface area (Å²) in [7, 11) is 0. The van der Waals surface area contributed by atoms with Crippen molar-refractivity contribution in [2.75, 3.05) is 18.4 Å². The predicted octanol–water partition coefficient (Wildman–Crippen LogP) is 2.92. The Hall–Kier alpha value is -3.48. The monoisotopic (exact) mass is 389 g/mol. The number of carbonyl (C=O) groups is 2. The first-order valence-corrected chi connectivity index (χ1v) is 9.70. The molecule has 0 unspecified atom stereocenters. The molecular formula is C22H23N5O2. The lowest BCUT2D eigenvalue weighted by molar-refractivity contribution is -0.129. The quantitative estimate of drug-likeness (QED) is 0.728. The van der Waals surface area contributed by atoms with Gasteiger partial charge in [-0.15, -0.1) is 5.10 Å². The summed E-state index contributed by atoms with van der Waals surface area (Å²) in [5.41, 5.74) is 3.54. The summed E-state index contributed by atoms with van der Waals surface area (Å²) in [6.07, 6.45) is 3.17. The Morgan fingerprint density at radius 3 is 2.59 bits per heavy atom. The van der Waals surface area contributed by atoms with Crippen molar-refractivity contribution in [3.8, 4) is 11.3 Å². The molecule has 4 rings (SSSR count). The van der Waals surface area contributed by atoms with E-state index in [2.05, 4.69) is 15.6 Å². The molecule has 148 valence electrons. The summed E-state index contributed by atoms with van der Waals surface area (Å²) in [6, 6.07) is 17.5. The first-order chi connectivity index (χ1) is 14.1. The van der Waals surface area contributed by atoms with Gasteiger partial charge >= 0.3 is 0 Å². The summed E-state index contributed by atoms with van der Waals surface area (Å²) >= 11 is 0. The van der Waals surface area contributed by atoms with Crippen LogP contribution in [0, 0.1) is 0 Å². The lowest BCUT2D eigenvalue weighted by Gasteiger charge is -2.16. The molecule has 0 spiro atoms. The molecule has 0 aliphatic carbocycles. The normalized spacial score (nSPS) is 16.0. The minimum Gasteiger partial charge on any atom is -0.340 e. The standard InChI is InChI=1S/C22H23N5O2/c1-16(28)23-19-9-7-17(8-10-19)13-22(29)26-12-11-20(14-26)27-15-21(24-25-27)18-5-3-2-4-6-18/h2-10,15,20H,11-14H2,1H3,(H,23,28)/t20-/m1/s1. The van der Waals surface area contributed by atoms with Crippen LogP contribution in [0.5, 0.6) is 0 Å². The second kappa shape index (κ2) is 8.26. The minimum atomic E-state index is -0.111. The summed E-state index contributed by atoms with van der Waals surface area (Å²) in [4.78, 5) is 25.7. The van der Waals surface area contributed by atoms with Gasteiger partial charge in [0.15, 0.2) is 0 Å². The van der Waals surface area contributed by atoms with Crippen LogP contribution in [0.15, 0.2) is 60.8 Å². The SMILES string of the molecule is CC(=O)Nc1ccc(CC(=O)N2CC[C@@H](n3cc(-c4ccccc4)nn3)C2)cc1. The first kappa shape index (κ1) is 18.9. The molecule has 2 heterocycles. The van der Waals surface area contributed by atoms with Crippen molar-refractivity contribution in [2.24, 2.45) is 0 Å². The second-order valence-electron chi connectivity index (χ2n) is 7.29. The van der Waals surface area contributed by atoms with E-state index >= 15 is 0 Å². The third-order valence-corrected chi connectivity index (χ3v) is 5.10. The second-order valence-corrected chi connectivity index (χ2v) is 7.29. The number of hydrogen-bond acceptors (Lipinski definition) is 4. The number of rotatable bonds is 5. The van der Waals surface area contributed by atoms with E-state index in [1.807, 2.05) is 70.4 Å². The Bertz CT molecular complexity index is 998. The fourth-order valence-corrected chi connectivity index (χ4v) is 3.58. The third-order valence-electron chi connectivity index (χ3n) is 5.10. The summed E-state index contributed by atoms with van der Waals surface area (Å²) in [5, 5.41) is 11.3. The molecule has 2 amide bonds. The smallest absolute Gasteiger partial charge is 0.227 e. The van der Waals surface area contributed by atoms with Crippen molar-refractivity contribution < 1.29 is 9.59 Å². The minimum absolute atomic E-state index is 0.100. The number of anilines is 1. The zero-order valence-corrected chi connectivity index (χ0v) is 16.3. The Morgan fingerprint density at radius 1 is 1.10 bits per heavy atom. The molecule has 0 saturated carbocycles. The molecule has 1 aromatic heterocycles. The van der Waals surface area contributed by atoms with Crippen molar-refractivity contribution in [1.82, 2.24) is 19.9 Å². The maximum atomic E-state index is 12.7. The molecule has 2 aromatic carbocycles. The van der Waals surface area contributed by atoms with E-state index in [0.717, 1.165) is 28.9 Å². The van der Waals surface area contributed by atoms with Crippen LogP contribution < -0.4 is 5.32 Å². The van der Waals surface area contributed by atoms with Gasteiger partial charge in [-0.25, -0.2) is 4.68 Å². The number of benzene rings is 2. The highest BCUT2D eigenvalue weighted by Crippen LogP contribution is 2.24. The largest absolute Gasteiger partial charge is 0.340 e. The van der Waals surface area contributed by atoms with Gasteiger partial charge in [0.25, 0.3) is 0 Å². The average Bonchev–Trinajstić information content (AvgIpc) is 3.39. The van der Waals surface area contributed by atoms with Gasteiger partial charge in [-0.2, -0.15) is 0 Å². The van der Waals surface area contributed by atoms with Crippen LogP contribution in [0.3, 0.4) is 0 Å². The van der Waals surface area contributed by atoms with Gasteiger partial charge in [0, 0.05) is 31.3 Å². The van der Waals surface area contributed by atoms with Crippen LogP contribution in [0.1, 0.15) is 24.9 Å². The molecule has 7 heteroatoms. The van der Waals surface area contributed by atoms with Gasteiger partial charge in [-0.05, 0) is 24.1 Å². The number of likely N-dealkylation sites (tertiary alicyclic amines) is 1. The van der Waals surface area contributed by atoms with Gasteiger partial charge < -0.3 is 10.2 Å². The van der Waals surface area contributed by atoms with Crippen LogP contribution in [0.2, 0.25) is 0 Å². The maximum Gasteiger partial charge on any atom is 0.227 e. The molecule has 1 atom stereocenters. The fraction of sp³-hybridized carbons (Fsp3) is 0.273. The highest BCUT2D eigenvalue weighted by atomic mass is 16.2. The molecule has 1 aliphatic heterocycles. The highest BCUT2D eigenvalue weighted by Gasteiger charge is 2.28. The lowest BCUT2D eigenvalue weighted by Crippen LogP contribution is -2.30. The van der Waals surface area contributed by atoms with Crippen molar-refractivity contribution in [1.29, 1.82) is 0 Å². The van der Waals surface area contributed by atoms with Crippen molar-refractivity contribution in [3.63, 3.8) is 0 Å². The number of nitrogens with zero attached hydrogens (tertiary/aromatic N) is 4. The molecule has 0 radical (unpaired) electrons. The summed E-state index contributed by atoms with van der Waals surface area (Å²) in [6.45, 7) is 2.83. The zero-order chi connectivity index (χ0) is 20.2. The van der Waals surface area contributed by atoms with Crippen LogP contribution in [0.25, 0.3) is 11.3 Å². The van der Waals surface area contributed by atoms with E-state index in [0.29, 0.717) is 19.5 Å². The molecule has 0 bridgehead atoms. The molecule has 1 N–H and O–H groups in total. The van der Waals surface area contributed by atoms with Gasteiger partial charge in [0.05, 0.1) is 18.7 Å². The Kier molecular flexibility index (Phi) is 5.37. The molecular weight excluding hydrogens is 366 g/mol. The Morgan fingerprint density at radius 2 is 1.86 bits per heavy atom. The van der Waals surface area contributed by atoms with Gasteiger partial charge in [0.1, 0.15) is 5.69 Å². The lowest BCUT2D eigenvalue weighted by atomic mass is 10.1. The predicted molar refractivity (Wildman–Crippen MR) is 110 cm³/mol. The number of aromatic nitrogens is 3. The number of hydrogen-bond donors (Lipinski definition) is 1. The van der Waals surface area contributed by atoms with Crippen molar-refractivity contribution >= 4 is 17.5 Å². The van der Waals surface area contributed by atoms with E-state index in [1.165, 1.54) is 6.92 Å². The molecule has 29 heavy (non-hydrogen) atoms. The van der Waals surface area contributed by atoms with Crippen molar-refractivity contribution in [3.05, 3.63) is 66.4 Å². The van der Waals surface area contributed by atoms with Crippen LogP contribution >= 0.6 is 0 Å². The van der Waals surface area contributed by atoms with Crippen molar-refractivity contribution in [2.45, 2.75) is 25.8 Å². The zero-order valence-electron chi connectivity index (χ0n) is 16.3. The number of nitrogens with one attached hydrogen (secondary N) is 1. The molecule has 7 nitrogen and oxygen atoms in total. The van der Waals surface area contributed by atoms with Crippen LogP contribution in [-0.2, 0) is 16.0 Å². The van der Waals surface area contributed by atoms with Crippen LogP contribution in [0.4, 0.5) is 5.69 Å². The molecule has 1 saturated heterocycles.